The van der Waals surface area contributed by atoms with E-state index in [9.17, 15) is 9.59 Å². The molecule has 1 unspecified atom stereocenters. The van der Waals surface area contributed by atoms with Gasteiger partial charge in [0.1, 0.15) is 0 Å². The number of hydrogen-bond acceptors (Lipinski definition) is 3. The van der Waals surface area contributed by atoms with Crippen molar-refractivity contribution in [1.82, 2.24) is 10.2 Å². The Hall–Kier alpha value is -2.04. The highest BCUT2D eigenvalue weighted by Crippen LogP contribution is 2.52. The van der Waals surface area contributed by atoms with Crippen LogP contribution >= 0.6 is 0 Å². The molecular weight excluding hydrogens is 352 g/mol. The molecule has 1 saturated carbocycles. The van der Waals surface area contributed by atoms with Crippen LogP contribution in [0.1, 0.15) is 75.3 Å². The Morgan fingerprint density at radius 1 is 1.14 bits per heavy atom. The van der Waals surface area contributed by atoms with Crippen LogP contribution < -0.4 is 5.32 Å². The zero-order valence-corrected chi connectivity index (χ0v) is 16.9. The SMILES string of the molecule is CCOC(=O)C1CC2(CCN(C(=O)NC3CCCCC3)CC2)c2ccccc21. The van der Waals surface area contributed by atoms with E-state index in [4.69, 9.17) is 4.74 Å². The van der Waals surface area contributed by atoms with Crippen LogP contribution in [-0.4, -0.2) is 42.6 Å². The molecule has 1 spiro atoms. The molecule has 5 heteroatoms. The molecule has 3 aliphatic rings. The lowest BCUT2D eigenvalue weighted by molar-refractivity contribution is -0.145. The van der Waals surface area contributed by atoms with Gasteiger partial charge in [-0.25, -0.2) is 4.79 Å². The van der Waals surface area contributed by atoms with Crippen molar-refractivity contribution in [3.05, 3.63) is 35.4 Å². The largest absolute Gasteiger partial charge is 0.466 e. The average Bonchev–Trinajstić information content (AvgIpc) is 3.04. The molecule has 2 amide bonds. The zero-order valence-electron chi connectivity index (χ0n) is 16.9. The lowest BCUT2D eigenvalue weighted by Gasteiger charge is -2.41. The van der Waals surface area contributed by atoms with E-state index in [0.29, 0.717) is 12.6 Å². The van der Waals surface area contributed by atoms with Gasteiger partial charge in [0.25, 0.3) is 0 Å². The summed E-state index contributed by atoms with van der Waals surface area (Å²) >= 11 is 0. The number of fused-ring (bicyclic) bond motifs is 2. The minimum Gasteiger partial charge on any atom is -0.466 e. The van der Waals surface area contributed by atoms with Gasteiger partial charge in [0, 0.05) is 24.5 Å². The van der Waals surface area contributed by atoms with Crippen LogP contribution in [0.5, 0.6) is 0 Å². The van der Waals surface area contributed by atoms with Crippen molar-refractivity contribution < 1.29 is 14.3 Å². The highest BCUT2D eigenvalue weighted by Gasteiger charge is 2.48. The standard InChI is InChI=1S/C23H32N2O3/c1-2-28-21(26)19-16-23(20-11-7-6-10-18(19)20)12-14-25(15-13-23)22(27)24-17-8-4-3-5-9-17/h6-7,10-11,17,19H,2-5,8-9,12-16H2,1H3,(H,24,27). The lowest BCUT2D eigenvalue weighted by Crippen LogP contribution is -2.50. The number of esters is 1. The first-order chi connectivity index (χ1) is 13.6. The van der Waals surface area contributed by atoms with E-state index in [2.05, 4.69) is 23.5 Å². The first-order valence-electron chi connectivity index (χ1n) is 10.9. The number of likely N-dealkylation sites (tertiary alicyclic amines) is 1. The number of carbonyl (C=O) groups excluding carboxylic acids is 2. The Morgan fingerprint density at radius 2 is 1.86 bits per heavy atom. The number of rotatable bonds is 3. The summed E-state index contributed by atoms with van der Waals surface area (Å²) in [4.78, 5) is 27.2. The van der Waals surface area contributed by atoms with Crippen molar-refractivity contribution in [2.24, 2.45) is 0 Å². The van der Waals surface area contributed by atoms with Gasteiger partial charge >= 0.3 is 12.0 Å². The molecule has 1 aromatic rings. The smallest absolute Gasteiger partial charge is 0.317 e. The van der Waals surface area contributed by atoms with Gasteiger partial charge in [0.2, 0.25) is 0 Å². The molecule has 1 aromatic carbocycles. The second kappa shape index (κ2) is 8.14. The van der Waals surface area contributed by atoms with Crippen molar-refractivity contribution >= 4 is 12.0 Å². The third-order valence-corrected chi connectivity index (χ3v) is 7.01. The quantitative estimate of drug-likeness (QED) is 0.798. The number of nitrogens with zero attached hydrogens (tertiary/aromatic N) is 1. The molecule has 4 rings (SSSR count). The number of ether oxygens (including phenoxy) is 1. The first kappa shape index (κ1) is 19.3. The van der Waals surface area contributed by atoms with Crippen molar-refractivity contribution in [1.29, 1.82) is 0 Å². The van der Waals surface area contributed by atoms with Gasteiger partial charge in [-0.05, 0) is 50.2 Å². The highest BCUT2D eigenvalue weighted by atomic mass is 16.5. The van der Waals surface area contributed by atoms with Crippen molar-refractivity contribution in [3.63, 3.8) is 0 Å². The molecule has 1 heterocycles. The predicted octanol–water partition coefficient (Wildman–Crippen LogP) is 4.11. The van der Waals surface area contributed by atoms with Crippen LogP contribution in [0.2, 0.25) is 0 Å². The number of hydrogen-bond donors (Lipinski definition) is 1. The molecule has 1 aliphatic heterocycles. The van der Waals surface area contributed by atoms with Gasteiger partial charge in [-0.2, -0.15) is 0 Å². The fourth-order valence-electron chi connectivity index (χ4n) is 5.47. The van der Waals surface area contributed by atoms with E-state index in [1.165, 1.54) is 24.8 Å². The van der Waals surface area contributed by atoms with E-state index in [-0.39, 0.29) is 23.3 Å². The van der Waals surface area contributed by atoms with Gasteiger partial charge in [0.05, 0.1) is 12.5 Å². The van der Waals surface area contributed by atoms with E-state index >= 15 is 0 Å². The molecule has 1 atom stereocenters. The lowest BCUT2D eigenvalue weighted by atomic mass is 9.73. The van der Waals surface area contributed by atoms with Gasteiger partial charge in [-0.15, -0.1) is 0 Å². The fraction of sp³-hybridized carbons (Fsp3) is 0.652. The molecular formula is C23H32N2O3. The first-order valence-corrected chi connectivity index (χ1v) is 10.9. The second-order valence-electron chi connectivity index (χ2n) is 8.65. The number of benzene rings is 1. The fourth-order valence-corrected chi connectivity index (χ4v) is 5.47. The number of urea groups is 1. The molecule has 0 aromatic heterocycles. The summed E-state index contributed by atoms with van der Waals surface area (Å²) < 4.78 is 5.35. The third-order valence-electron chi connectivity index (χ3n) is 7.01. The molecule has 1 saturated heterocycles. The Kier molecular flexibility index (Phi) is 5.61. The third kappa shape index (κ3) is 3.63. The molecule has 2 fully saturated rings. The number of amides is 2. The predicted molar refractivity (Wildman–Crippen MR) is 108 cm³/mol. The summed E-state index contributed by atoms with van der Waals surface area (Å²) in [6.07, 6.45) is 8.59. The van der Waals surface area contributed by atoms with Crippen LogP contribution in [0, 0.1) is 0 Å². The summed E-state index contributed by atoms with van der Waals surface area (Å²) in [5, 5.41) is 3.24. The monoisotopic (exact) mass is 384 g/mol. The van der Waals surface area contributed by atoms with E-state index in [1.807, 2.05) is 17.9 Å². The van der Waals surface area contributed by atoms with Crippen molar-refractivity contribution in [2.45, 2.75) is 75.7 Å². The Morgan fingerprint density at radius 3 is 2.57 bits per heavy atom. The van der Waals surface area contributed by atoms with Gasteiger partial charge < -0.3 is 15.0 Å². The van der Waals surface area contributed by atoms with Crippen LogP contribution in [0.3, 0.4) is 0 Å². The zero-order chi connectivity index (χ0) is 19.6. The average molecular weight is 385 g/mol. The molecule has 1 N–H and O–H groups in total. The van der Waals surface area contributed by atoms with Gasteiger partial charge in [-0.1, -0.05) is 43.5 Å². The summed E-state index contributed by atoms with van der Waals surface area (Å²) in [6, 6.07) is 8.76. The summed E-state index contributed by atoms with van der Waals surface area (Å²) in [5.74, 6) is -0.275. The second-order valence-corrected chi connectivity index (χ2v) is 8.65. The molecule has 152 valence electrons. The molecule has 28 heavy (non-hydrogen) atoms. The van der Waals surface area contributed by atoms with E-state index in [0.717, 1.165) is 50.8 Å². The normalized spacial score (nSPS) is 24.0. The van der Waals surface area contributed by atoms with Crippen LogP contribution in [0.25, 0.3) is 0 Å². The van der Waals surface area contributed by atoms with Gasteiger partial charge in [0.15, 0.2) is 0 Å². The highest BCUT2D eigenvalue weighted by molar-refractivity contribution is 5.81. The molecule has 0 radical (unpaired) electrons. The summed E-state index contributed by atoms with van der Waals surface area (Å²) in [6.45, 7) is 3.78. The minimum atomic E-state index is -0.168. The number of piperidine rings is 1. The van der Waals surface area contributed by atoms with Crippen molar-refractivity contribution in [3.8, 4) is 0 Å². The van der Waals surface area contributed by atoms with Crippen LogP contribution in [0.15, 0.2) is 24.3 Å². The number of nitrogens with one attached hydrogen (secondary N) is 1. The minimum absolute atomic E-state index is 0.00433. The Labute approximate surface area is 167 Å². The molecule has 0 bridgehead atoms. The number of carbonyl (C=O) groups is 2. The Balaban J connectivity index is 1.43. The molecule has 2 aliphatic carbocycles. The van der Waals surface area contributed by atoms with E-state index < -0.39 is 0 Å². The van der Waals surface area contributed by atoms with Crippen LogP contribution in [0.4, 0.5) is 4.79 Å². The maximum Gasteiger partial charge on any atom is 0.317 e. The van der Waals surface area contributed by atoms with Crippen molar-refractivity contribution in [2.75, 3.05) is 19.7 Å². The van der Waals surface area contributed by atoms with E-state index in [1.54, 1.807) is 0 Å². The van der Waals surface area contributed by atoms with Gasteiger partial charge in [-0.3, -0.25) is 4.79 Å². The maximum absolute atomic E-state index is 12.7. The Bertz CT molecular complexity index is 718. The summed E-state index contributed by atoms with van der Waals surface area (Å²) in [7, 11) is 0. The molecule has 5 nitrogen and oxygen atoms in total. The summed E-state index contributed by atoms with van der Waals surface area (Å²) in [5.41, 5.74) is 2.41. The van der Waals surface area contributed by atoms with Crippen LogP contribution in [-0.2, 0) is 14.9 Å². The maximum atomic E-state index is 12.7. The topological polar surface area (TPSA) is 58.6 Å².